The molecule has 2 aromatic rings. The number of hydrogen-bond donors (Lipinski definition) is 1. The zero-order valence-electron chi connectivity index (χ0n) is 15.1. The van der Waals surface area contributed by atoms with Gasteiger partial charge in [0.1, 0.15) is 0 Å². The van der Waals surface area contributed by atoms with Crippen LogP contribution in [0.4, 0.5) is 0 Å². The molecule has 5 nitrogen and oxygen atoms in total. The molecule has 0 bridgehead atoms. The summed E-state index contributed by atoms with van der Waals surface area (Å²) in [6, 6.07) is 13.9. The first-order valence-electron chi connectivity index (χ1n) is 8.08. The molecule has 144 valence electrons. The van der Waals surface area contributed by atoms with Crippen molar-refractivity contribution in [1.82, 2.24) is 9.88 Å². The Labute approximate surface area is 167 Å². The minimum absolute atomic E-state index is 0. The van der Waals surface area contributed by atoms with Gasteiger partial charge >= 0.3 is 0 Å². The maximum atomic E-state index is 12.7. The van der Waals surface area contributed by atoms with Crippen LogP contribution in [0.3, 0.4) is 0 Å². The van der Waals surface area contributed by atoms with Crippen LogP contribution in [0, 0.1) is 6.92 Å². The van der Waals surface area contributed by atoms with Gasteiger partial charge in [0.25, 0.3) is 0 Å². The first-order chi connectivity index (χ1) is 11.6. The Morgan fingerprint density at radius 3 is 2.54 bits per heavy atom. The van der Waals surface area contributed by atoms with Crippen molar-refractivity contribution in [3.63, 3.8) is 0 Å². The van der Waals surface area contributed by atoms with E-state index in [4.69, 9.17) is 10.5 Å². The summed E-state index contributed by atoms with van der Waals surface area (Å²) >= 11 is 0. The molecule has 7 heteroatoms. The van der Waals surface area contributed by atoms with Gasteiger partial charge in [0.2, 0.25) is 5.91 Å². The minimum Gasteiger partial charge on any atom is -0.380 e. The summed E-state index contributed by atoms with van der Waals surface area (Å²) in [4.78, 5) is 18.9. The van der Waals surface area contributed by atoms with Crippen molar-refractivity contribution in [2.24, 2.45) is 5.73 Å². The smallest absolute Gasteiger partial charge is 0.225 e. The van der Waals surface area contributed by atoms with E-state index in [0.29, 0.717) is 19.6 Å². The molecule has 0 radical (unpaired) electrons. The van der Waals surface area contributed by atoms with Crippen molar-refractivity contribution in [3.05, 3.63) is 65.5 Å². The van der Waals surface area contributed by atoms with Crippen molar-refractivity contribution in [2.75, 3.05) is 13.7 Å². The number of halogens is 2. The van der Waals surface area contributed by atoms with E-state index in [1.54, 1.807) is 18.2 Å². The summed E-state index contributed by atoms with van der Waals surface area (Å²) < 4.78 is 5.25. The normalized spacial score (nSPS) is 11.0. The van der Waals surface area contributed by atoms with Gasteiger partial charge in [-0.2, -0.15) is 0 Å². The van der Waals surface area contributed by atoms with Crippen LogP contribution in [0.25, 0.3) is 0 Å². The van der Waals surface area contributed by atoms with Gasteiger partial charge in [0.05, 0.1) is 24.8 Å². The number of aryl methyl sites for hydroxylation is 1. The lowest BCUT2D eigenvalue weighted by Gasteiger charge is -2.24. The van der Waals surface area contributed by atoms with Crippen LogP contribution in [0.2, 0.25) is 0 Å². The molecule has 0 aliphatic carbocycles. The SMILES string of the molecule is COC(CN)CC(=O)N(Cc1cccc(C)c1)Cc1ccccn1.Cl.Cl. The third-order valence-electron chi connectivity index (χ3n) is 3.89. The Balaban J connectivity index is 0.00000312. The van der Waals surface area contributed by atoms with E-state index >= 15 is 0 Å². The average Bonchev–Trinajstić information content (AvgIpc) is 2.60. The molecule has 1 atom stereocenters. The summed E-state index contributed by atoms with van der Waals surface area (Å²) in [7, 11) is 1.58. The van der Waals surface area contributed by atoms with E-state index in [2.05, 4.69) is 11.1 Å². The maximum absolute atomic E-state index is 12.7. The number of pyridine rings is 1. The van der Waals surface area contributed by atoms with E-state index in [-0.39, 0.29) is 43.2 Å². The van der Waals surface area contributed by atoms with Crippen LogP contribution in [0.1, 0.15) is 23.2 Å². The summed E-state index contributed by atoms with van der Waals surface area (Å²) in [6.45, 7) is 3.38. The molecule has 0 spiro atoms. The quantitative estimate of drug-likeness (QED) is 0.739. The maximum Gasteiger partial charge on any atom is 0.225 e. The molecule has 26 heavy (non-hydrogen) atoms. The summed E-state index contributed by atoms with van der Waals surface area (Å²) in [6.07, 6.45) is 1.75. The van der Waals surface area contributed by atoms with Gasteiger partial charge < -0.3 is 15.4 Å². The topological polar surface area (TPSA) is 68.5 Å². The van der Waals surface area contributed by atoms with E-state index in [1.165, 1.54) is 5.56 Å². The van der Waals surface area contributed by atoms with Gasteiger partial charge in [-0.3, -0.25) is 9.78 Å². The minimum atomic E-state index is -0.263. The van der Waals surface area contributed by atoms with E-state index in [0.717, 1.165) is 11.3 Å². The fourth-order valence-electron chi connectivity index (χ4n) is 2.54. The Bertz CT molecular complexity index is 652. The molecule has 2 rings (SSSR count). The second-order valence-corrected chi connectivity index (χ2v) is 5.86. The lowest BCUT2D eigenvalue weighted by molar-refractivity contribution is -0.135. The molecule has 1 unspecified atom stereocenters. The van der Waals surface area contributed by atoms with Crippen LogP contribution < -0.4 is 5.73 Å². The van der Waals surface area contributed by atoms with Gasteiger partial charge in [-0.1, -0.05) is 35.9 Å². The standard InChI is InChI=1S/C19H25N3O2.2ClH/c1-15-6-5-7-16(10-15)13-22(14-17-8-3-4-9-21-17)19(23)11-18(12-20)24-2;;/h3-10,18H,11-14,20H2,1-2H3;2*1H. The van der Waals surface area contributed by atoms with Crippen LogP contribution in [0.15, 0.2) is 48.7 Å². The van der Waals surface area contributed by atoms with Crippen molar-refractivity contribution in [3.8, 4) is 0 Å². The first-order valence-corrected chi connectivity index (χ1v) is 8.08. The lowest BCUT2D eigenvalue weighted by atomic mass is 10.1. The fraction of sp³-hybridized carbons (Fsp3) is 0.368. The second kappa shape index (κ2) is 12.7. The number of nitrogens with zero attached hydrogens (tertiary/aromatic N) is 2. The zero-order chi connectivity index (χ0) is 17.4. The van der Waals surface area contributed by atoms with Gasteiger partial charge in [-0.25, -0.2) is 0 Å². The van der Waals surface area contributed by atoms with E-state index in [1.807, 2.05) is 43.3 Å². The molecule has 0 aliphatic rings. The number of aromatic nitrogens is 1. The highest BCUT2D eigenvalue weighted by molar-refractivity contribution is 5.85. The predicted molar refractivity (Wildman–Crippen MR) is 109 cm³/mol. The monoisotopic (exact) mass is 399 g/mol. The highest BCUT2D eigenvalue weighted by atomic mass is 35.5. The van der Waals surface area contributed by atoms with Crippen LogP contribution in [0.5, 0.6) is 0 Å². The number of rotatable bonds is 8. The number of carbonyl (C=O) groups excluding carboxylic acids is 1. The van der Waals surface area contributed by atoms with Crippen LogP contribution >= 0.6 is 24.8 Å². The number of methoxy groups -OCH3 is 1. The summed E-state index contributed by atoms with van der Waals surface area (Å²) in [5, 5.41) is 0. The molecule has 0 aliphatic heterocycles. The number of hydrogen-bond acceptors (Lipinski definition) is 4. The van der Waals surface area contributed by atoms with Gasteiger partial charge in [-0.15, -0.1) is 24.8 Å². The summed E-state index contributed by atoms with van der Waals surface area (Å²) in [5.41, 5.74) is 8.78. The Hall–Kier alpha value is -1.66. The van der Waals surface area contributed by atoms with Gasteiger partial charge in [0, 0.05) is 26.4 Å². The fourth-order valence-corrected chi connectivity index (χ4v) is 2.54. The molecule has 0 fully saturated rings. The molecule has 0 saturated carbocycles. The van der Waals surface area contributed by atoms with Crippen LogP contribution in [-0.4, -0.2) is 35.5 Å². The number of ether oxygens (including phenoxy) is 1. The molecule has 2 N–H and O–H groups in total. The molecule has 1 aromatic heterocycles. The summed E-state index contributed by atoms with van der Waals surface area (Å²) in [5.74, 6) is 0.0134. The lowest BCUT2D eigenvalue weighted by Crippen LogP contribution is -2.35. The zero-order valence-corrected chi connectivity index (χ0v) is 16.8. The van der Waals surface area contributed by atoms with Crippen molar-refractivity contribution in [2.45, 2.75) is 32.5 Å². The first kappa shape index (κ1) is 24.3. The third kappa shape index (κ3) is 7.70. The highest BCUT2D eigenvalue weighted by Crippen LogP contribution is 2.13. The van der Waals surface area contributed by atoms with Crippen molar-refractivity contribution < 1.29 is 9.53 Å². The molecular weight excluding hydrogens is 373 g/mol. The van der Waals surface area contributed by atoms with Gasteiger partial charge in [0.15, 0.2) is 0 Å². The molecular formula is C19H27Cl2N3O2. The van der Waals surface area contributed by atoms with E-state index in [9.17, 15) is 4.79 Å². The Kier molecular flexibility index (Phi) is 11.8. The number of nitrogens with two attached hydrogens (primary N) is 1. The van der Waals surface area contributed by atoms with Crippen LogP contribution in [-0.2, 0) is 22.6 Å². The highest BCUT2D eigenvalue weighted by Gasteiger charge is 2.19. The van der Waals surface area contributed by atoms with Crippen molar-refractivity contribution >= 4 is 30.7 Å². The molecule has 1 heterocycles. The average molecular weight is 400 g/mol. The number of amides is 1. The molecule has 1 amide bonds. The Morgan fingerprint density at radius 2 is 1.96 bits per heavy atom. The van der Waals surface area contributed by atoms with Crippen molar-refractivity contribution in [1.29, 1.82) is 0 Å². The second-order valence-electron chi connectivity index (χ2n) is 5.86. The number of carbonyl (C=O) groups is 1. The predicted octanol–water partition coefficient (Wildman–Crippen LogP) is 3.13. The molecule has 0 saturated heterocycles. The van der Waals surface area contributed by atoms with Gasteiger partial charge in [-0.05, 0) is 24.6 Å². The molecule has 1 aromatic carbocycles. The third-order valence-corrected chi connectivity index (χ3v) is 3.89. The number of benzene rings is 1. The Morgan fingerprint density at radius 1 is 1.19 bits per heavy atom. The largest absolute Gasteiger partial charge is 0.380 e. The van der Waals surface area contributed by atoms with E-state index < -0.39 is 0 Å².